The summed E-state index contributed by atoms with van der Waals surface area (Å²) in [6, 6.07) is 31.5. The van der Waals surface area contributed by atoms with Crippen LogP contribution < -0.4 is 10.2 Å². The Balaban J connectivity index is 1.71. The van der Waals surface area contributed by atoms with Crippen LogP contribution in [-0.4, -0.2) is 30.8 Å². The molecule has 0 saturated carbocycles. The SMILES string of the molecule is Cc1ccc(C(C(=O)Nc2ccc(N(C)C)cc2)N(Cc2ccc(Cl)cc2)C(=O)Cc2ccccc2)cc1. The van der Waals surface area contributed by atoms with E-state index in [2.05, 4.69) is 5.32 Å². The molecule has 0 spiro atoms. The zero-order chi connectivity index (χ0) is 27.1. The smallest absolute Gasteiger partial charge is 0.251 e. The molecule has 0 aliphatic heterocycles. The van der Waals surface area contributed by atoms with Gasteiger partial charge in [-0.05, 0) is 60.0 Å². The van der Waals surface area contributed by atoms with Crippen LogP contribution in [0.2, 0.25) is 5.02 Å². The molecular weight excluding hydrogens is 494 g/mol. The van der Waals surface area contributed by atoms with E-state index in [9.17, 15) is 9.59 Å². The van der Waals surface area contributed by atoms with Gasteiger partial charge in [-0.1, -0.05) is 83.9 Å². The van der Waals surface area contributed by atoms with Gasteiger partial charge >= 0.3 is 0 Å². The molecular formula is C32H32ClN3O2. The number of amides is 2. The molecule has 0 aliphatic rings. The molecule has 0 aromatic heterocycles. The third-order valence-electron chi connectivity index (χ3n) is 6.39. The Kier molecular flexibility index (Phi) is 8.82. The number of hydrogen-bond donors (Lipinski definition) is 1. The fourth-order valence-corrected chi connectivity index (χ4v) is 4.38. The summed E-state index contributed by atoms with van der Waals surface area (Å²) < 4.78 is 0. The number of aryl methyl sites for hydroxylation is 1. The molecule has 0 aliphatic carbocycles. The first-order chi connectivity index (χ1) is 18.3. The average molecular weight is 526 g/mol. The zero-order valence-corrected chi connectivity index (χ0v) is 22.7. The van der Waals surface area contributed by atoms with Crippen molar-refractivity contribution in [3.05, 3.63) is 130 Å². The second-order valence-corrected chi connectivity index (χ2v) is 9.99. The number of rotatable bonds is 9. The van der Waals surface area contributed by atoms with Gasteiger partial charge in [-0.15, -0.1) is 0 Å². The lowest BCUT2D eigenvalue weighted by atomic mass is 10.00. The molecule has 5 nitrogen and oxygen atoms in total. The van der Waals surface area contributed by atoms with Crippen molar-refractivity contribution in [1.82, 2.24) is 4.90 Å². The van der Waals surface area contributed by atoms with Crippen molar-refractivity contribution in [3.8, 4) is 0 Å². The van der Waals surface area contributed by atoms with Gasteiger partial charge in [-0.2, -0.15) is 0 Å². The summed E-state index contributed by atoms with van der Waals surface area (Å²) in [4.78, 5) is 31.4. The van der Waals surface area contributed by atoms with Crippen LogP contribution in [-0.2, 0) is 22.6 Å². The van der Waals surface area contributed by atoms with Gasteiger partial charge in [-0.25, -0.2) is 0 Å². The predicted molar refractivity (Wildman–Crippen MR) is 155 cm³/mol. The molecule has 1 N–H and O–H groups in total. The Labute approximate surface area is 229 Å². The summed E-state index contributed by atoms with van der Waals surface area (Å²) in [5, 5.41) is 3.66. The molecule has 1 atom stereocenters. The number of anilines is 2. The summed E-state index contributed by atoms with van der Waals surface area (Å²) >= 11 is 6.11. The highest BCUT2D eigenvalue weighted by Gasteiger charge is 2.32. The van der Waals surface area contributed by atoms with Gasteiger partial charge in [0.1, 0.15) is 6.04 Å². The summed E-state index contributed by atoms with van der Waals surface area (Å²) in [5.41, 5.74) is 5.29. The summed E-state index contributed by atoms with van der Waals surface area (Å²) in [6.45, 7) is 2.26. The minimum Gasteiger partial charge on any atom is -0.378 e. The van der Waals surface area contributed by atoms with Crippen molar-refractivity contribution in [2.75, 3.05) is 24.3 Å². The molecule has 6 heteroatoms. The van der Waals surface area contributed by atoms with Crippen molar-refractivity contribution in [3.63, 3.8) is 0 Å². The Hall–Kier alpha value is -4.09. The van der Waals surface area contributed by atoms with Gasteiger partial charge in [0.15, 0.2) is 0 Å². The quantitative estimate of drug-likeness (QED) is 0.265. The molecule has 38 heavy (non-hydrogen) atoms. The molecule has 0 heterocycles. The van der Waals surface area contributed by atoms with Crippen molar-refractivity contribution in [2.45, 2.75) is 25.9 Å². The van der Waals surface area contributed by atoms with E-state index < -0.39 is 6.04 Å². The van der Waals surface area contributed by atoms with Crippen LogP contribution in [0.15, 0.2) is 103 Å². The fraction of sp³-hybridized carbons (Fsp3) is 0.188. The van der Waals surface area contributed by atoms with Gasteiger partial charge in [0.2, 0.25) is 5.91 Å². The van der Waals surface area contributed by atoms with Crippen molar-refractivity contribution in [2.24, 2.45) is 0 Å². The molecule has 4 aromatic carbocycles. The lowest BCUT2D eigenvalue weighted by molar-refractivity contribution is -0.139. The van der Waals surface area contributed by atoms with E-state index in [1.165, 1.54) is 0 Å². The van der Waals surface area contributed by atoms with Gasteiger partial charge in [0, 0.05) is 37.0 Å². The zero-order valence-electron chi connectivity index (χ0n) is 21.9. The van der Waals surface area contributed by atoms with Crippen LogP contribution in [0.25, 0.3) is 0 Å². The van der Waals surface area contributed by atoms with Crippen LogP contribution >= 0.6 is 11.6 Å². The summed E-state index contributed by atoms with van der Waals surface area (Å²) in [7, 11) is 3.93. The fourth-order valence-electron chi connectivity index (χ4n) is 4.26. The van der Waals surface area contributed by atoms with Crippen molar-refractivity contribution < 1.29 is 9.59 Å². The van der Waals surface area contributed by atoms with Gasteiger partial charge < -0.3 is 15.1 Å². The van der Waals surface area contributed by atoms with E-state index in [0.29, 0.717) is 10.7 Å². The number of nitrogens with one attached hydrogen (secondary N) is 1. The molecule has 194 valence electrons. The maximum atomic E-state index is 13.9. The number of carbonyl (C=O) groups is 2. The molecule has 0 bridgehead atoms. The van der Waals surface area contributed by atoms with E-state index >= 15 is 0 Å². The number of halogens is 1. The monoisotopic (exact) mass is 525 g/mol. The van der Waals surface area contributed by atoms with E-state index in [1.807, 2.05) is 117 Å². The molecule has 2 amide bonds. The lowest BCUT2D eigenvalue weighted by Gasteiger charge is -2.32. The first-order valence-corrected chi connectivity index (χ1v) is 12.9. The third kappa shape index (κ3) is 7.02. The van der Waals surface area contributed by atoms with Crippen LogP contribution in [0.4, 0.5) is 11.4 Å². The van der Waals surface area contributed by atoms with Crippen LogP contribution in [0.5, 0.6) is 0 Å². The second-order valence-electron chi connectivity index (χ2n) is 9.55. The minimum atomic E-state index is -0.837. The van der Waals surface area contributed by atoms with E-state index in [1.54, 1.807) is 17.0 Å². The summed E-state index contributed by atoms with van der Waals surface area (Å²) in [5.74, 6) is -0.420. The van der Waals surface area contributed by atoms with E-state index in [4.69, 9.17) is 11.6 Å². The Morgan fingerprint density at radius 2 is 1.42 bits per heavy atom. The largest absolute Gasteiger partial charge is 0.378 e. The van der Waals surface area contributed by atoms with Crippen LogP contribution in [0.1, 0.15) is 28.3 Å². The highest BCUT2D eigenvalue weighted by Crippen LogP contribution is 2.28. The maximum absolute atomic E-state index is 13.9. The minimum absolute atomic E-state index is 0.144. The van der Waals surface area contributed by atoms with E-state index in [-0.39, 0.29) is 24.8 Å². The van der Waals surface area contributed by atoms with E-state index in [0.717, 1.165) is 27.9 Å². The number of hydrogen-bond acceptors (Lipinski definition) is 3. The molecule has 0 radical (unpaired) electrons. The molecule has 4 rings (SSSR count). The van der Waals surface area contributed by atoms with Crippen molar-refractivity contribution >= 4 is 34.8 Å². The molecule has 4 aromatic rings. The Bertz CT molecular complexity index is 1350. The highest BCUT2D eigenvalue weighted by molar-refractivity contribution is 6.30. The van der Waals surface area contributed by atoms with Crippen LogP contribution in [0, 0.1) is 6.92 Å². The van der Waals surface area contributed by atoms with Gasteiger partial charge in [0.25, 0.3) is 5.91 Å². The maximum Gasteiger partial charge on any atom is 0.251 e. The third-order valence-corrected chi connectivity index (χ3v) is 6.64. The lowest BCUT2D eigenvalue weighted by Crippen LogP contribution is -2.41. The Morgan fingerprint density at radius 3 is 2.03 bits per heavy atom. The molecule has 1 unspecified atom stereocenters. The summed E-state index contributed by atoms with van der Waals surface area (Å²) in [6.07, 6.45) is 0.182. The first kappa shape index (κ1) is 27.0. The molecule has 0 saturated heterocycles. The first-order valence-electron chi connectivity index (χ1n) is 12.5. The highest BCUT2D eigenvalue weighted by atomic mass is 35.5. The number of carbonyl (C=O) groups excluding carboxylic acids is 2. The predicted octanol–water partition coefficient (Wildman–Crippen LogP) is 6.67. The Morgan fingerprint density at radius 1 is 0.789 bits per heavy atom. The molecule has 0 fully saturated rings. The van der Waals surface area contributed by atoms with Gasteiger partial charge in [-0.3, -0.25) is 9.59 Å². The number of benzene rings is 4. The number of nitrogens with zero attached hydrogens (tertiary/aromatic N) is 2. The second kappa shape index (κ2) is 12.4. The normalized spacial score (nSPS) is 11.5. The topological polar surface area (TPSA) is 52.7 Å². The van der Waals surface area contributed by atoms with Gasteiger partial charge in [0.05, 0.1) is 6.42 Å². The average Bonchev–Trinajstić information content (AvgIpc) is 2.91. The standard InChI is InChI=1S/C32H32ClN3O2/c1-23-9-13-26(14-10-23)31(32(38)34-28-17-19-29(20-18-28)35(2)3)36(22-25-11-15-27(33)16-12-25)30(37)21-24-7-5-4-6-8-24/h4-20,31H,21-22H2,1-3H3,(H,34,38). The van der Waals surface area contributed by atoms with Crippen molar-refractivity contribution in [1.29, 1.82) is 0 Å². The van der Waals surface area contributed by atoms with Crippen LogP contribution in [0.3, 0.4) is 0 Å².